The normalized spacial score (nSPS) is 10.7. The quantitative estimate of drug-likeness (QED) is 0.423. The predicted molar refractivity (Wildman–Crippen MR) is 109 cm³/mol. The number of methoxy groups -OCH3 is 1. The van der Waals surface area contributed by atoms with Crippen LogP contribution in [0.3, 0.4) is 0 Å². The molecule has 0 saturated heterocycles. The van der Waals surface area contributed by atoms with Gasteiger partial charge in [0.1, 0.15) is 18.1 Å². The van der Waals surface area contributed by atoms with Crippen LogP contribution in [0.1, 0.15) is 27.3 Å². The first kappa shape index (κ1) is 19.9. The van der Waals surface area contributed by atoms with E-state index in [-0.39, 0.29) is 11.5 Å². The molecule has 1 heterocycles. The number of hydrogen-bond acceptors (Lipinski definition) is 6. The molecule has 0 saturated carbocycles. The average Bonchev–Trinajstić information content (AvgIpc) is 3.05. The van der Waals surface area contributed by atoms with E-state index in [9.17, 15) is 4.79 Å². The number of carbonyl (C=O) groups is 1. The summed E-state index contributed by atoms with van der Waals surface area (Å²) >= 11 is 1.36. The van der Waals surface area contributed by atoms with E-state index in [0.717, 1.165) is 17.1 Å². The molecule has 0 amide bonds. The third-order valence-electron chi connectivity index (χ3n) is 4.36. The summed E-state index contributed by atoms with van der Waals surface area (Å²) in [5.74, 6) is 2.59. The Bertz CT molecular complexity index is 968. The van der Waals surface area contributed by atoms with Crippen molar-refractivity contribution in [2.75, 3.05) is 12.9 Å². The van der Waals surface area contributed by atoms with Crippen molar-refractivity contribution in [3.05, 3.63) is 65.0 Å². The van der Waals surface area contributed by atoms with Gasteiger partial charge in [0.25, 0.3) is 0 Å². The first-order chi connectivity index (χ1) is 13.5. The lowest BCUT2D eigenvalue weighted by atomic mass is 10.1. The van der Waals surface area contributed by atoms with Crippen molar-refractivity contribution in [2.45, 2.75) is 25.6 Å². The Morgan fingerprint density at radius 1 is 1.11 bits per heavy atom. The molecule has 0 fully saturated rings. The van der Waals surface area contributed by atoms with Crippen LogP contribution in [0.15, 0.2) is 47.6 Å². The van der Waals surface area contributed by atoms with E-state index in [1.54, 1.807) is 31.4 Å². The van der Waals surface area contributed by atoms with Crippen LogP contribution in [0.2, 0.25) is 0 Å². The van der Waals surface area contributed by atoms with Gasteiger partial charge in [-0.3, -0.25) is 4.79 Å². The monoisotopic (exact) mass is 397 g/mol. The Labute approximate surface area is 168 Å². The maximum atomic E-state index is 12.4. The van der Waals surface area contributed by atoms with Gasteiger partial charge < -0.3 is 14.0 Å². The summed E-state index contributed by atoms with van der Waals surface area (Å²) in [7, 11) is 3.48. The van der Waals surface area contributed by atoms with Crippen LogP contribution >= 0.6 is 11.8 Å². The Kier molecular flexibility index (Phi) is 6.36. The number of thioether (sulfide) groups is 1. The molecule has 1 aromatic heterocycles. The van der Waals surface area contributed by atoms with Crippen LogP contribution in [0.4, 0.5) is 0 Å². The van der Waals surface area contributed by atoms with Crippen molar-refractivity contribution in [2.24, 2.45) is 7.05 Å². The summed E-state index contributed by atoms with van der Waals surface area (Å²) in [6, 6.07) is 13.2. The van der Waals surface area contributed by atoms with E-state index in [0.29, 0.717) is 23.2 Å². The summed E-state index contributed by atoms with van der Waals surface area (Å²) in [6.07, 6.45) is 0. The van der Waals surface area contributed by atoms with E-state index in [2.05, 4.69) is 23.2 Å². The first-order valence-electron chi connectivity index (χ1n) is 8.86. The van der Waals surface area contributed by atoms with Crippen LogP contribution in [0.5, 0.6) is 11.5 Å². The highest BCUT2D eigenvalue weighted by molar-refractivity contribution is 7.99. The van der Waals surface area contributed by atoms with Crippen molar-refractivity contribution < 1.29 is 14.3 Å². The minimum Gasteiger partial charge on any atom is -0.497 e. The highest BCUT2D eigenvalue weighted by Crippen LogP contribution is 2.22. The van der Waals surface area contributed by atoms with Crippen molar-refractivity contribution in [1.82, 2.24) is 14.8 Å². The number of ketones is 1. The number of hydrogen-bond donors (Lipinski definition) is 0. The third-order valence-corrected chi connectivity index (χ3v) is 5.38. The van der Waals surface area contributed by atoms with Crippen molar-refractivity contribution in [1.29, 1.82) is 0 Å². The average molecular weight is 398 g/mol. The Morgan fingerprint density at radius 3 is 2.54 bits per heavy atom. The fraction of sp³-hybridized carbons (Fsp3) is 0.286. The number of Topliss-reactive ketones (excluding diaryl/α,β-unsaturated/α-hetero) is 1. The van der Waals surface area contributed by atoms with Crippen molar-refractivity contribution in [3.63, 3.8) is 0 Å². The van der Waals surface area contributed by atoms with E-state index < -0.39 is 0 Å². The summed E-state index contributed by atoms with van der Waals surface area (Å²) in [5, 5.41) is 9.05. The lowest BCUT2D eigenvalue weighted by Crippen LogP contribution is -2.06. The van der Waals surface area contributed by atoms with Gasteiger partial charge in [0.15, 0.2) is 16.8 Å². The standard InChI is InChI=1S/C21H23N3O3S/c1-14-5-10-19(15(2)11-14)27-12-20-22-23-21(24(20)3)28-13-18(25)16-6-8-17(26-4)9-7-16/h5-11H,12-13H2,1-4H3. The van der Waals surface area contributed by atoms with Gasteiger partial charge in [0, 0.05) is 12.6 Å². The number of aryl methyl sites for hydroxylation is 2. The molecule has 6 nitrogen and oxygen atoms in total. The van der Waals surface area contributed by atoms with Crippen LogP contribution in [-0.2, 0) is 13.7 Å². The fourth-order valence-electron chi connectivity index (χ4n) is 2.69. The molecule has 146 valence electrons. The van der Waals surface area contributed by atoms with E-state index in [1.807, 2.05) is 30.7 Å². The number of rotatable bonds is 8. The van der Waals surface area contributed by atoms with Gasteiger partial charge in [0.05, 0.1) is 12.9 Å². The van der Waals surface area contributed by atoms with Gasteiger partial charge in [0.2, 0.25) is 0 Å². The number of ether oxygens (including phenoxy) is 2. The van der Waals surface area contributed by atoms with Crippen molar-refractivity contribution >= 4 is 17.5 Å². The van der Waals surface area contributed by atoms with Gasteiger partial charge in [-0.05, 0) is 49.7 Å². The molecule has 0 spiro atoms. The maximum absolute atomic E-state index is 12.4. The SMILES string of the molecule is COc1ccc(C(=O)CSc2nnc(COc3ccc(C)cc3C)n2C)cc1. The molecule has 0 unspecified atom stereocenters. The number of carbonyl (C=O) groups excluding carboxylic acids is 1. The molecule has 0 aliphatic carbocycles. The van der Waals surface area contributed by atoms with Gasteiger partial charge in [-0.2, -0.15) is 0 Å². The predicted octanol–water partition coefficient (Wildman–Crippen LogP) is 3.99. The molecule has 3 aromatic rings. The lowest BCUT2D eigenvalue weighted by Gasteiger charge is -2.09. The zero-order chi connectivity index (χ0) is 20.1. The second-order valence-corrected chi connectivity index (χ2v) is 7.40. The maximum Gasteiger partial charge on any atom is 0.191 e. The zero-order valence-corrected chi connectivity index (χ0v) is 17.2. The molecule has 0 N–H and O–H groups in total. The summed E-state index contributed by atoms with van der Waals surface area (Å²) in [5.41, 5.74) is 2.93. The molecule has 0 bridgehead atoms. The second kappa shape index (κ2) is 8.93. The highest BCUT2D eigenvalue weighted by Gasteiger charge is 2.13. The molecular formula is C21H23N3O3S. The zero-order valence-electron chi connectivity index (χ0n) is 16.4. The lowest BCUT2D eigenvalue weighted by molar-refractivity contribution is 0.102. The van der Waals surface area contributed by atoms with Crippen LogP contribution in [0.25, 0.3) is 0 Å². The van der Waals surface area contributed by atoms with Gasteiger partial charge in [-0.25, -0.2) is 0 Å². The largest absolute Gasteiger partial charge is 0.497 e. The van der Waals surface area contributed by atoms with Crippen molar-refractivity contribution in [3.8, 4) is 11.5 Å². The molecule has 0 atom stereocenters. The number of aromatic nitrogens is 3. The minimum atomic E-state index is 0.0312. The van der Waals surface area contributed by atoms with Gasteiger partial charge in [-0.15, -0.1) is 10.2 Å². The summed E-state index contributed by atoms with van der Waals surface area (Å²) in [6.45, 7) is 4.39. The molecule has 2 aromatic carbocycles. The minimum absolute atomic E-state index is 0.0312. The molecule has 0 radical (unpaired) electrons. The highest BCUT2D eigenvalue weighted by atomic mass is 32.2. The van der Waals surface area contributed by atoms with Crippen LogP contribution in [-0.4, -0.2) is 33.4 Å². The molecule has 3 rings (SSSR count). The summed E-state index contributed by atoms with van der Waals surface area (Å²) in [4.78, 5) is 12.4. The van der Waals surface area contributed by atoms with Crippen LogP contribution < -0.4 is 9.47 Å². The Balaban J connectivity index is 1.58. The molecule has 28 heavy (non-hydrogen) atoms. The summed E-state index contributed by atoms with van der Waals surface area (Å²) < 4.78 is 12.8. The topological polar surface area (TPSA) is 66.2 Å². The van der Waals surface area contributed by atoms with Gasteiger partial charge in [-0.1, -0.05) is 29.5 Å². The first-order valence-corrected chi connectivity index (χ1v) is 9.85. The Morgan fingerprint density at radius 2 is 1.86 bits per heavy atom. The van der Waals surface area contributed by atoms with Gasteiger partial charge >= 0.3 is 0 Å². The third kappa shape index (κ3) is 4.72. The smallest absolute Gasteiger partial charge is 0.191 e. The van der Waals surface area contributed by atoms with Crippen LogP contribution in [0, 0.1) is 13.8 Å². The van der Waals surface area contributed by atoms with E-state index in [1.165, 1.54) is 17.3 Å². The second-order valence-electron chi connectivity index (χ2n) is 6.46. The number of nitrogens with zero attached hydrogens (tertiary/aromatic N) is 3. The van der Waals surface area contributed by atoms with E-state index in [4.69, 9.17) is 9.47 Å². The molecule has 0 aliphatic rings. The molecule has 7 heteroatoms. The molecule has 0 aliphatic heterocycles. The van der Waals surface area contributed by atoms with E-state index >= 15 is 0 Å². The fourth-order valence-corrected chi connectivity index (χ4v) is 3.51. The Hall–Kier alpha value is -2.80. The number of benzene rings is 2. The molecular weight excluding hydrogens is 374 g/mol.